The maximum Gasteiger partial charge on any atom is 0.494 e. The van der Waals surface area contributed by atoms with E-state index in [0.29, 0.717) is 16.4 Å². The Kier molecular flexibility index (Phi) is 4.61. The third kappa shape index (κ3) is 3.42. The second-order valence-electron chi connectivity index (χ2n) is 6.84. The van der Waals surface area contributed by atoms with Crippen molar-refractivity contribution in [2.45, 2.75) is 38.9 Å². The van der Waals surface area contributed by atoms with Gasteiger partial charge in [0.15, 0.2) is 5.13 Å². The first-order valence-electron chi connectivity index (χ1n) is 7.98. The monoisotopic (exact) mass is 360 g/mol. The number of hydrogen-bond donors (Lipinski definition) is 1. The lowest BCUT2D eigenvalue weighted by atomic mass is 9.78. The predicted octanol–water partition coefficient (Wildman–Crippen LogP) is 2.70. The number of methoxy groups -OCH3 is 1. The molecule has 2 heterocycles. The molecule has 1 aromatic carbocycles. The minimum atomic E-state index is -0.505. The van der Waals surface area contributed by atoms with Crippen LogP contribution in [0.1, 0.15) is 38.1 Å². The SMILES string of the molecule is COc1cc(B2OC(C)(C)C(C)(C)O2)ccc1C(=O)Nc1nccs1. The number of thiazole rings is 1. The largest absolute Gasteiger partial charge is 0.496 e. The van der Waals surface area contributed by atoms with Gasteiger partial charge in [0.1, 0.15) is 5.75 Å². The lowest BCUT2D eigenvalue weighted by molar-refractivity contribution is 0.00578. The maximum absolute atomic E-state index is 12.4. The highest BCUT2D eigenvalue weighted by atomic mass is 32.1. The van der Waals surface area contributed by atoms with Gasteiger partial charge in [0, 0.05) is 11.6 Å². The van der Waals surface area contributed by atoms with Gasteiger partial charge in [0.2, 0.25) is 0 Å². The van der Waals surface area contributed by atoms with Gasteiger partial charge in [-0.2, -0.15) is 0 Å². The second kappa shape index (κ2) is 6.44. The van der Waals surface area contributed by atoms with E-state index in [4.69, 9.17) is 14.0 Å². The minimum Gasteiger partial charge on any atom is -0.496 e. The number of ether oxygens (including phenoxy) is 1. The maximum atomic E-state index is 12.4. The molecule has 1 aliphatic heterocycles. The van der Waals surface area contributed by atoms with Crippen LogP contribution >= 0.6 is 11.3 Å². The van der Waals surface area contributed by atoms with Crippen LogP contribution in [-0.4, -0.2) is 36.3 Å². The van der Waals surface area contributed by atoms with Crippen LogP contribution in [0.15, 0.2) is 29.8 Å². The molecule has 1 aliphatic rings. The van der Waals surface area contributed by atoms with E-state index in [1.54, 1.807) is 23.7 Å². The van der Waals surface area contributed by atoms with Crippen molar-refractivity contribution in [3.05, 3.63) is 35.3 Å². The molecule has 8 heteroatoms. The molecule has 1 fully saturated rings. The first-order valence-corrected chi connectivity index (χ1v) is 8.86. The Hall–Kier alpha value is -1.90. The average molecular weight is 360 g/mol. The first kappa shape index (κ1) is 17.9. The van der Waals surface area contributed by atoms with Crippen molar-refractivity contribution in [2.75, 3.05) is 12.4 Å². The Labute approximate surface area is 151 Å². The molecule has 25 heavy (non-hydrogen) atoms. The van der Waals surface area contributed by atoms with Gasteiger partial charge >= 0.3 is 7.12 Å². The molecular formula is C17H21BN2O4S. The van der Waals surface area contributed by atoms with Gasteiger partial charge in [-0.3, -0.25) is 10.1 Å². The molecule has 0 unspecified atom stereocenters. The minimum absolute atomic E-state index is 0.271. The van der Waals surface area contributed by atoms with Gasteiger partial charge in [-0.25, -0.2) is 4.98 Å². The van der Waals surface area contributed by atoms with Crippen LogP contribution in [0.4, 0.5) is 5.13 Å². The number of carbonyl (C=O) groups excluding carboxylic acids is 1. The van der Waals surface area contributed by atoms with Gasteiger partial charge in [0.25, 0.3) is 5.91 Å². The Balaban J connectivity index is 1.84. The summed E-state index contributed by atoms with van der Waals surface area (Å²) < 4.78 is 17.5. The molecule has 0 saturated carbocycles. The molecule has 1 aromatic heterocycles. The summed E-state index contributed by atoms with van der Waals surface area (Å²) in [5, 5.41) is 5.10. The lowest BCUT2D eigenvalue weighted by Gasteiger charge is -2.32. The summed E-state index contributed by atoms with van der Waals surface area (Å²) in [6.07, 6.45) is 1.64. The fourth-order valence-electron chi connectivity index (χ4n) is 2.47. The number of hydrogen-bond acceptors (Lipinski definition) is 6. The Morgan fingerprint density at radius 1 is 1.24 bits per heavy atom. The van der Waals surface area contributed by atoms with Crippen molar-refractivity contribution >= 4 is 35.0 Å². The molecule has 0 aliphatic carbocycles. The summed E-state index contributed by atoms with van der Waals surface area (Å²) in [4.78, 5) is 16.5. The van der Waals surface area contributed by atoms with Gasteiger partial charge in [-0.05, 0) is 45.3 Å². The van der Waals surface area contributed by atoms with Crippen molar-refractivity contribution in [3.8, 4) is 5.75 Å². The van der Waals surface area contributed by atoms with Crippen LogP contribution in [0.5, 0.6) is 5.75 Å². The highest BCUT2D eigenvalue weighted by Gasteiger charge is 2.51. The van der Waals surface area contributed by atoms with Crippen molar-refractivity contribution in [1.29, 1.82) is 0 Å². The number of anilines is 1. The molecule has 2 aromatic rings. The van der Waals surface area contributed by atoms with E-state index in [1.807, 2.05) is 33.8 Å². The van der Waals surface area contributed by atoms with E-state index in [2.05, 4.69) is 10.3 Å². The number of nitrogens with one attached hydrogen (secondary N) is 1. The predicted molar refractivity (Wildman–Crippen MR) is 98.8 cm³/mol. The molecule has 0 radical (unpaired) electrons. The summed E-state index contributed by atoms with van der Waals surface area (Å²) in [7, 11) is 1.03. The molecule has 1 N–H and O–H groups in total. The topological polar surface area (TPSA) is 69.7 Å². The van der Waals surface area contributed by atoms with E-state index in [9.17, 15) is 4.79 Å². The summed E-state index contributed by atoms with van der Waals surface area (Å²) in [5.41, 5.74) is 0.386. The van der Waals surface area contributed by atoms with Gasteiger partial charge < -0.3 is 14.0 Å². The molecule has 0 spiro atoms. The summed E-state index contributed by atoms with van der Waals surface area (Å²) in [5.74, 6) is 0.188. The molecule has 1 saturated heterocycles. The molecule has 3 rings (SSSR count). The lowest BCUT2D eigenvalue weighted by Crippen LogP contribution is -2.41. The van der Waals surface area contributed by atoms with E-state index >= 15 is 0 Å². The molecule has 6 nitrogen and oxygen atoms in total. The molecule has 0 atom stereocenters. The summed E-state index contributed by atoms with van der Waals surface area (Å²) in [6, 6.07) is 5.31. The van der Waals surface area contributed by atoms with E-state index in [-0.39, 0.29) is 5.91 Å². The third-order valence-corrected chi connectivity index (χ3v) is 5.34. The van der Waals surface area contributed by atoms with Crippen molar-refractivity contribution in [2.24, 2.45) is 0 Å². The molecule has 132 valence electrons. The van der Waals surface area contributed by atoms with Crippen molar-refractivity contribution in [3.63, 3.8) is 0 Å². The van der Waals surface area contributed by atoms with Crippen molar-refractivity contribution < 1.29 is 18.8 Å². The van der Waals surface area contributed by atoms with Gasteiger partial charge in [0.05, 0.1) is 23.9 Å². The quantitative estimate of drug-likeness (QED) is 0.849. The van der Waals surface area contributed by atoms with Crippen molar-refractivity contribution in [1.82, 2.24) is 4.98 Å². The Morgan fingerprint density at radius 2 is 1.92 bits per heavy atom. The number of aromatic nitrogens is 1. The smallest absolute Gasteiger partial charge is 0.494 e. The zero-order valence-electron chi connectivity index (χ0n) is 15.0. The van der Waals surface area contributed by atoms with Crippen LogP contribution in [-0.2, 0) is 9.31 Å². The molecule has 0 bridgehead atoms. The Bertz CT molecular complexity index is 761. The standard InChI is InChI=1S/C17H21BN2O4S/c1-16(2)17(3,4)24-18(23-16)11-6-7-12(13(10-11)22-5)14(21)20-15-19-8-9-25-15/h6-10H,1-5H3,(H,19,20,21). The van der Waals surface area contributed by atoms with Crippen LogP contribution < -0.4 is 15.5 Å². The van der Waals surface area contributed by atoms with E-state index < -0.39 is 18.3 Å². The normalized spacial score (nSPS) is 18.2. The first-order chi connectivity index (χ1) is 11.7. The number of nitrogens with zero attached hydrogens (tertiary/aromatic N) is 1. The highest BCUT2D eigenvalue weighted by Crippen LogP contribution is 2.36. The van der Waals surface area contributed by atoms with Crippen LogP contribution in [0, 0.1) is 0 Å². The van der Waals surface area contributed by atoms with Gasteiger partial charge in [-0.1, -0.05) is 6.07 Å². The molecular weight excluding hydrogens is 339 g/mol. The van der Waals surface area contributed by atoms with Gasteiger partial charge in [-0.15, -0.1) is 11.3 Å². The number of carbonyl (C=O) groups is 1. The third-order valence-electron chi connectivity index (χ3n) is 4.65. The zero-order valence-corrected chi connectivity index (χ0v) is 15.8. The zero-order chi connectivity index (χ0) is 18.2. The number of benzene rings is 1. The average Bonchev–Trinajstić information content (AvgIpc) is 3.12. The fraction of sp³-hybridized carbons (Fsp3) is 0.412. The van der Waals surface area contributed by atoms with E-state index in [1.165, 1.54) is 18.4 Å². The molecule has 1 amide bonds. The van der Waals surface area contributed by atoms with Crippen LogP contribution in [0.2, 0.25) is 0 Å². The van der Waals surface area contributed by atoms with E-state index in [0.717, 1.165) is 5.46 Å². The number of amides is 1. The summed E-state index contributed by atoms with van der Waals surface area (Å²) in [6.45, 7) is 8.00. The fourth-order valence-corrected chi connectivity index (χ4v) is 2.99. The summed E-state index contributed by atoms with van der Waals surface area (Å²) >= 11 is 1.36. The number of rotatable bonds is 4. The highest BCUT2D eigenvalue weighted by molar-refractivity contribution is 7.13. The van der Waals surface area contributed by atoms with Crippen LogP contribution in [0.25, 0.3) is 0 Å². The van der Waals surface area contributed by atoms with Crippen LogP contribution in [0.3, 0.4) is 0 Å². The second-order valence-corrected chi connectivity index (χ2v) is 7.73. The Morgan fingerprint density at radius 3 is 2.48 bits per heavy atom.